The van der Waals surface area contributed by atoms with Gasteiger partial charge in [-0.25, -0.2) is 0 Å². The number of hydrogen-bond acceptors (Lipinski definition) is 0. The van der Waals surface area contributed by atoms with Gasteiger partial charge >= 0.3 is 0 Å². The quantitative estimate of drug-likeness (QED) is 0.645. The molecular weight excluding hydrogens is 204 g/mol. The summed E-state index contributed by atoms with van der Waals surface area (Å²) in [5, 5.41) is 0. The van der Waals surface area contributed by atoms with Crippen LogP contribution in [-0.4, -0.2) is 0 Å². The van der Waals surface area contributed by atoms with E-state index in [0.29, 0.717) is 5.92 Å². The molecule has 0 spiro atoms. The Morgan fingerprint density at radius 1 is 1.06 bits per heavy atom. The summed E-state index contributed by atoms with van der Waals surface area (Å²) < 4.78 is 0. The van der Waals surface area contributed by atoms with Crippen LogP contribution < -0.4 is 0 Å². The minimum absolute atomic E-state index is 0.469. The fraction of sp³-hybridized carbons (Fsp3) is 0.529. The van der Waals surface area contributed by atoms with Gasteiger partial charge in [-0.05, 0) is 30.4 Å². The fourth-order valence-electron chi connectivity index (χ4n) is 1.90. The molecule has 0 radical (unpaired) electrons. The molecular formula is C17H24. The molecule has 0 fully saturated rings. The van der Waals surface area contributed by atoms with E-state index in [-0.39, 0.29) is 0 Å². The van der Waals surface area contributed by atoms with E-state index in [1.54, 1.807) is 0 Å². The molecule has 0 heteroatoms. The highest BCUT2D eigenvalue weighted by molar-refractivity contribution is 5.24. The van der Waals surface area contributed by atoms with Gasteiger partial charge in [-0.2, -0.15) is 0 Å². The van der Waals surface area contributed by atoms with Crippen molar-refractivity contribution in [3.8, 4) is 11.8 Å². The average molecular weight is 228 g/mol. The molecule has 0 aliphatic heterocycles. The largest absolute Gasteiger partial charge is 0.103 e. The van der Waals surface area contributed by atoms with Crippen molar-refractivity contribution in [3.05, 3.63) is 35.4 Å². The van der Waals surface area contributed by atoms with Gasteiger partial charge < -0.3 is 0 Å². The maximum Gasteiger partial charge on any atom is 0.0214 e. The molecule has 0 saturated carbocycles. The van der Waals surface area contributed by atoms with Crippen LogP contribution in [0, 0.1) is 17.8 Å². The summed E-state index contributed by atoms with van der Waals surface area (Å²) in [7, 11) is 0. The van der Waals surface area contributed by atoms with Crippen LogP contribution in [0.4, 0.5) is 0 Å². The van der Waals surface area contributed by atoms with Crippen molar-refractivity contribution in [1.82, 2.24) is 0 Å². The average Bonchev–Trinajstić information content (AvgIpc) is 2.35. The highest BCUT2D eigenvalue weighted by Crippen LogP contribution is 2.11. The standard InChI is InChI=1S/C17H24/c1-4-6-8-15(3)14-17-12-10-16(11-13-17)9-7-5-2/h10-13,15H,4-5,7,9,14H2,1-3H3. The Kier molecular flexibility index (Phi) is 6.48. The monoisotopic (exact) mass is 228 g/mol. The molecule has 1 aromatic rings. The molecule has 0 bridgehead atoms. The van der Waals surface area contributed by atoms with E-state index in [9.17, 15) is 0 Å². The van der Waals surface area contributed by atoms with Crippen LogP contribution >= 0.6 is 0 Å². The van der Waals surface area contributed by atoms with Gasteiger partial charge in [0.1, 0.15) is 0 Å². The fourth-order valence-corrected chi connectivity index (χ4v) is 1.90. The summed E-state index contributed by atoms with van der Waals surface area (Å²) >= 11 is 0. The predicted octanol–water partition coefficient (Wildman–Crippen LogP) is 4.62. The van der Waals surface area contributed by atoms with Gasteiger partial charge in [0, 0.05) is 12.3 Å². The first-order valence-corrected chi connectivity index (χ1v) is 6.82. The third-order valence-corrected chi connectivity index (χ3v) is 2.91. The van der Waals surface area contributed by atoms with Crippen molar-refractivity contribution in [2.45, 2.75) is 52.9 Å². The van der Waals surface area contributed by atoms with Crippen molar-refractivity contribution >= 4 is 0 Å². The lowest BCUT2D eigenvalue weighted by Gasteiger charge is -2.06. The van der Waals surface area contributed by atoms with Crippen LogP contribution in [-0.2, 0) is 12.8 Å². The second kappa shape index (κ2) is 7.96. The second-order valence-corrected chi connectivity index (χ2v) is 4.70. The Balaban J connectivity index is 2.50. The van der Waals surface area contributed by atoms with Crippen molar-refractivity contribution in [3.63, 3.8) is 0 Å². The lowest BCUT2D eigenvalue weighted by molar-refractivity contribution is 0.747. The van der Waals surface area contributed by atoms with Crippen LogP contribution in [0.25, 0.3) is 0 Å². The normalized spacial score (nSPS) is 11.7. The predicted molar refractivity (Wildman–Crippen MR) is 76.0 cm³/mol. The lowest BCUT2D eigenvalue weighted by atomic mass is 9.99. The van der Waals surface area contributed by atoms with Gasteiger partial charge in [0.15, 0.2) is 0 Å². The van der Waals surface area contributed by atoms with E-state index >= 15 is 0 Å². The zero-order chi connectivity index (χ0) is 12.5. The van der Waals surface area contributed by atoms with E-state index in [1.807, 2.05) is 0 Å². The molecule has 1 atom stereocenters. The van der Waals surface area contributed by atoms with Gasteiger partial charge in [-0.1, -0.05) is 57.4 Å². The smallest absolute Gasteiger partial charge is 0.0214 e. The SMILES string of the molecule is CCC#CC(C)Cc1ccc(CCCC)cc1. The van der Waals surface area contributed by atoms with Crippen molar-refractivity contribution in [2.75, 3.05) is 0 Å². The number of rotatable bonds is 5. The molecule has 0 aliphatic carbocycles. The Bertz CT molecular complexity index is 361. The van der Waals surface area contributed by atoms with Crippen LogP contribution in [0.2, 0.25) is 0 Å². The summed E-state index contributed by atoms with van der Waals surface area (Å²) in [5.41, 5.74) is 2.87. The lowest BCUT2D eigenvalue weighted by Crippen LogP contribution is -1.96. The second-order valence-electron chi connectivity index (χ2n) is 4.70. The van der Waals surface area contributed by atoms with Crippen LogP contribution in [0.5, 0.6) is 0 Å². The summed E-state index contributed by atoms with van der Waals surface area (Å²) in [6, 6.07) is 9.06. The maximum absolute atomic E-state index is 3.28. The van der Waals surface area contributed by atoms with Crippen molar-refractivity contribution in [2.24, 2.45) is 5.92 Å². The summed E-state index contributed by atoms with van der Waals surface area (Å²) in [6.45, 7) is 6.54. The van der Waals surface area contributed by atoms with Crippen LogP contribution in [0.15, 0.2) is 24.3 Å². The zero-order valence-electron chi connectivity index (χ0n) is 11.4. The summed E-state index contributed by atoms with van der Waals surface area (Å²) in [6.07, 6.45) is 5.80. The third-order valence-electron chi connectivity index (χ3n) is 2.91. The van der Waals surface area contributed by atoms with E-state index in [2.05, 4.69) is 56.9 Å². The number of unbranched alkanes of at least 4 members (excludes halogenated alkanes) is 1. The minimum atomic E-state index is 0.469. The summed E-state index contributed by atoms with van der Waals surface area (Å²) in [5.74, 6) is 6.91. The van der Waals surface area contributed by atoms with Crippen LogP contribution in [0.1, 0.15) is 51.2 Å². The zero-order valence-corrected chi connectivity index (χ0v) is 11.4. The van der Waals surface area contributed by atoms with Crippen LogP contribution in [0.3, 0.4) is 0 Å². The van der Waals surface area contributed by atoms with Gasteiger partial charge in [-0.15, -0.1) is 5.92 Å². The van der Waals surface area contributed by atoms with Gasteiger partial charge in [0.05, 0.1) is 0 Å². The van der Waals surface area contributed by atoms with E-state index < -0.39 is 0 Å². The van der Waals surface area contributed by atoms with Gasteiger partial charge in [-0.3, -0.25) is 0 Å². The minimum Gasteiger partial charge on any atom is -0.103 e. The molecule has 1 rings (SSSR count). The molecule has 1 unspecified atom stereocenters. The third kappa shape index (κ3) is 5.59. The van der Waals surface area contributed by atoms with Gasteiger partial charge in [0.2, 0.25) is 0 Å². The maximum atomic E-state index is 3.28. The molecule has 0 aliphatic rings. The topological polar surface area (TPSA) is 0 Å². The highest BCUT2D eigenvalue weighted by Gasteiger charge is 2.00. The Morgan fingerprint density at radius 3 is 2.29 bits per heavy atom. The highest BCUT2D eigenvalue weighted by atomic mass is 14.0. The van der Waals surface area contributed by atoms with Gasteiger partial charge in [0.25, 0.3) is 0 Å². The molecule has 17 heavy (non-hydrogen) atoms. The van der Waals surface area contributed by atoms with E-state index in [1.165, 1.54) is 30.4 Å². The Morgan fingerprint density at radius 2 is 1.71 bits per heavy atom. The van der Waals surface area contributed by atoms with Crippen molar-refractivity contribution in [1.29, 1.82) is 0 Å². The Hall–Kier alpha value is -1.22. The number of aryl methyl sites for hydroxylation is 1. The molecule has 0 amide bonds. The van der Waals surface area contributed by atoms with E-state index in [0.717, 1.165) is 12.8 Å². The molecule has 0 saturated heterocycles. The number of hydrogen-bond donors (Lipinski definition) is 0. The first kappa shape index (κ1) is 13.8. The molecule has 0 nitrogen and oxygen atoms in total. The number of benzene rings is 1. The Labute approximate surface area is 106 Å². The molecule has 1 aromatic carbocycles. The van der Waals surface area contributed by atoms with E-state index in [4.69, 9.17) is 0 Å². The summed E-state index contributed by atoms with van der Waals surface area (Å²) in [4.78, 5) is 0. The first-order valence-electron chi connectivity index (χ1n) is 6.82. The molecule has 0 aromatic heterocycles. The first-order chi connectivity index (χ1) is 8.26. The molecule has 92 valence electrons. The van der Waals surface area contributed by atoms with Crippen molar-refractivity contribution < 1.29 is 0 Å². The molecule has 0 N–H and O–H groups in total. The molecule has 0 heterocycles.